The third-order valence-electron chi connectivity index (χ3n) is 4.34. The van der Waals surface area contributed by atoms with E-state index in [0.29, 0.717) is 6.04 Å². The molecule has 2 heterocycles. The molecule has 6 heteroatoms. The van der Waals surface area contributed by atoms with E-state index in [-0.39, 0.29) is 18.0 Å². The number of aromatic nitrogens is 3. The van der Waals surface area contributed by atoms with Gasteiger partial charge in [-0.2, -0.15) is 0 Å². The first-order valence-corrected chi connectivity index (χ1v) is 7.37. The van der Waals surface area contributed by atoms with Crippen molar-refractivity contribution in [3.05, 3.63) is 12.4 Å². The number of likely N-dealkylation sites (tertiary alicyclic amines) is 1. The number of carbonyl (C=O) groups excluding carboxylic acids is 1. The van der Waals surface area contributed by atoms with Crippen LogP contribution < -0.4 is 0 Å². The van der Waals surface area contributed by atoms with Crippen molar-refractivity contribution in [1.82, 2.24) is 24.8 Å². The van der Waals surface area contributed by atoms with Crippen molar-refractivity contribution in [3.63, 3.8) is 0 Å². The van der Waals surface area contributed by atoms with Crippen molar-refractivity contribution in [3.8, 4) is 0 Å². The second-order valence-corrected chi connectivity index (χ2v) is 5.87. The molecule has 0 saturated carbocycles. The van der Waals surface area contributed by atoms with Crippen LogP contribution >= 0.6 is 0 Å². The lowest BCUT2D eigenvalue weighted by Crippen LogP contribution is -2.50. The molecule has 0 radical (unpaired) electrons. The number of rotatable bonds is 4. The molecule has 0 aliphatic carbocycles. The lowest BCUT2D eigenvalue weighted by atomic mass is 10.0. The minimum absolute atomic E-state index is 0.0425. The van der Waals surface area contributed by atoms with Gasteiger partial charge in [0.05, 0.1) is 18.3 Å². The summed E-state index contributed by atoms with van der Waals surface area (Å²) in [6.45, 7) is 7.97. The van der Waals surface area contributed by atoms with Crippen LogP contribution in [0, 0.1) is 0 Å². The summed E-state index contributed by atoms with van der Waals surface area (Å²) in [4.78, 5) is 16.5. The largest absolute Gasteiger partial charge is 0.342 e. The van der Waals surface area contributed by atoms with E-state index in [1.165, 1.54) is 0 Å². The summed E-state index contributed by atoms with van der Waals surface area (Å²) >= 11 is 0. The average Bonchev–Trinajstić information content (AvgIpc) is 2.99. The first-order chi connectivity index (χ1) is 9.50. The Hall–Kier alpha value is -1.43. The van der Waals surface area contributed by atoms with Crippen molar-refractivity contribution >= 4 is 5.91 Å². The van der Waals surface area contributed by atoms with Crippen LogP contribution in [-0.4, -0.2) is 62.9 Å². The third-order valence-corrected chi connectivity index (χ3v) is 4.34. The lowest BCUT2D eigenvalue weighted by molar-refractivity contribution is -0.137. The molecule has 0 unspecified atom stereocenters. The molecule has 1 atom stereocenters. The van der Waals surface area contributed by atoms with Crippen molar-refractivity contribution in [2.45, 2.75) is 51.7 Å². The number of carbonyl (C=O) groups is 1. The molecule has 1 aromatic rings. The zero-order chi connectivity index (χ0) is 14.7. The Kier molecular flexibility index (Phi) is 4.75. The van der Waals surface area contributed by atoms with Gasteiger partial charge in [0.15, 0.2) is 0 Å². The highest BCUT2D eigenvalue weighted by Crippen LogP contribution is 2.23. The number of hydrogen-bond donors (Lipinski definition) is 0. The molecular weight excluding hydrogens is 254 g/mol. The molecule has 20 heavy (non-hydrogen) atoms. The van der Waals surface area contributed by atoms with Crippen molar-refractivity contribution in [2.75, 3.05) is 20.1 Å². The summed E-state index contributed by atoms with van der Waals surface area (Å²) in [5.74, 6) is 0.208. The summed E-state index contributed by atoms with van der Waals surface area (Å²) in [6, 6.07) is 0.621. The monoisotopic (exact) mass is 279 g/mol. The zero-order valence-corrected chi connectivity index (χ0v) is 12.9. The Morgan fingerprint density at radius 2 is 1.95 bits per heavy atom. The van der Waals surface area contributed by atoms with Crippen molar-refractivity contribution in [1.29, 1.82) is 0 Å². The van der Waals surface area contributed by atoms with Gasteiger partial charge in [-0.1, -0.05) is 5.21 Å². The standard InChI is InChI=1S/C14H25N5O/c1-11(2)17(4)14(20)12(3)18-8-5-13(6-9-18)19-10-7-15-16-19/h7,10-13H,5-6,8-9H2,1-4H3/t12-/m1/s1. The van der Waals surface area contributed by atoms with Crippen LogP contribution in [0.1, 0.15) is 39.7 Å². The Morgan fingerprint density at radius 3 is 2.45 bits per heavy atom. The van der Waals surface area contributed by atoms with Gasteiger partial charge in [0.1, 0.15) is 0 Å². The molecule has 112 valence electrons. The minimum Gasteiger partial charge on any atom is -0.342 e. The van der Waals surface area contributed by atoms with E-state index >= 15 is 0 Å². The number of piperidine rings is 1. The van der Waals surface area contributed by atoms with Gasteiger partial charge in [0.25, 0.3) is 0 Å². The van der Waals surface area contributed by atoms with Crippen LogP contribution in [0.5, 0.6) is 0 Å². The normalized spacial score (nSPS) is 19.2. The fourth-order valence-corrected chi connectivity index (χ4v) is 2.66. The van der Waals surface area contributed by atoms with Crippen LogP contribution in [-0.2, 0) is 4.79 Å². The van der Waals surface area contributed by atoms with Crippen LogP contribution in [0.2, 0.25) is 0 Å². The van der Waals surface area contributed by atoms with Gasteiger partial charge in [-0.3, -0.25) is 9.69 Å². The predicted molar refractivity (Wildman–Crippen MR) is 77.2 cm³/mol. The fraction of sp³-hybridized carbons (Fsp3) is 0.786. The van der Waals surface area contributed by atoms with Gasteiger partial charge in [-0.15, -0.1) is 5.10 Å². The maximum Gasteiger partial charge on any atom is 0.239 e. The van der Waals surface area contributed by atoms with Gasteiger partial charge >= 0.3 is 0 Å². The van der Waals surface area contributed by atoms with Crippen LogP contribution in [0.4, 0.5) is 0 Å². The summed E-state index contributed by atoms with van der Waals surface area (Å²) in [6.07, 6.45) is 5.68. The molecule has 0 N–H and O–H groups in total. The van der Waals surface area contributed by atoms with Gasteiger partial charge < -0.3 is 4.90 Å². The molecule has 1 aliphatic heterocycles. The van der Waals surface area contributed by atoms with Crippen LogP contribution in [0.15, 0.2) is 12.4 Å². The number of nitrogens with zero attached hydrogens (tertiary/aromatic N) is 5. The molecule has 0 bridgehead atoms. The fourth-order valence-electron chi connectivity index (χ4n) is 2.66. The molecule has 0 aromatic carbocycles. The van der Waals surface area contributed by atoms with E-state index in [2.05, 4.69) is 15.2 Å². The molecule has 0 spiro atoms. The molecule has 1 amide bonds. The highest BCUT2D eigenvalue weighted by molar-refractivity contribution is 5.81. The summed E-state index contributed by atoms with van der Waals surface area (Å²) in [5, 5.41) is 7.93. The number of amides is 1. The predicted octanol–water partition coefficient (Wildman–Crippen LogP) is 1.17. The first kappa shape index (κ1) is 15.0. The first-order valence-electron chi connectivity index (χ1n) is 7.37. The molecule has 6 nitrogen and oxygen atoms in total. The average molecular weight is 279 g/mol. The smallest absolute Gasteiger partial charge is 0.239 e. The third kappa shape index (κ3) is 3.17. The molecule has 1 aromatic heterocycles. The molecular formula is C14H25N5O. The highest BCUT2D eigenvalue weighted by atomic mass is 16.2. The highest BCUT2D eigenvalue weighted by Gasteiger charge is 2.29. The van der Waals surface area contributed by atoms with Gasteiger partial charge in [0.2, 0.25) is 5.91 Å². The maximum atomic E-state index is 12.4. The molecule has 1 saturated heterocycles. The Morgan fingerprint density at radius 1 is 1.30 bits per heavy atom. The van der Waals surface area contributed by atoms with E-state index in [9.17, 15) is 4.79 Å². The topological polar surface area (TPSA) is 54.3 Å². The van der Waals surface area contributed by atoms with Crippen LogP contribution in [0.25, 0.3) is 0 Å². The number of hydrogen-bond acceptors (Lipinski definition) is 4. The second kappa shape index (κ2) is 6.35. The van der Waals surface area contributed by atoms with Crippen LogP contribution in [0.3, 0.4) is 0 Å². The SMILES string of the molecule is CC(C)N(C)C(=O)[C@@H](C)N1CCC(n2ccnn2)CC1. The van der Waals surface area contributed by atoms with E-state index < -0.39 is 0 Å². The van der Waals surface area contributed by atoms with Gasteiger partial charge in [0, 0.05) is 32.4 Å². The second-order valence-electron chi connectivity index (χ2n) is 5.87. The Bertz CT molecular complexity index is 423. The van der Waals surface area contributed by atoms with Gasteiger partial charge in [-0.05, 0) is 33.6 Å². The molecule has 1 aliphatic rings. The molecule has 1 fully saturated rings. The van der Waals surface area contributed by atoms with Crippen molar-refractivity contribution in [2.24, 2.45) is 0 Å². The van der Waals surface area contributed by atoms with Gasteiger partial charge in [-0.25, -0.2) is 4.68 Å². The zero-order valence-electron chi connectivity index (χ0n) is 12.9. The molecule has 2 rings (SSSR count). The van der Waals surface area contributed by atoms with E-state index in [0.717, 1.165) is 25.9 Å². The number of likely N-dealkylation sites (N-methyl/N-ethyl adjacent to an activating group) is 1. The Labute approximate surface area is 120 Å². The van der Waals surface area contributed by atoms with E-state index in [4.69, 9.17) is 0 Å². The maximum absolute atomic E-state index is 12.4. The summed E-state index contributed by atoms with van der Waals surface area (Å²) in [7, 11) is 1.88. The van der Waals surface area contributed by atoms with Crippen molar-refractivity contribution < 1.29 is 4.79 Å². The lowest BCUT2D eigenvalue weighted by Gasteiger charge is -2.37. The summed E-state index contributed by atoms with van der Waals surface area (Å²) < 4.78 is 1.93. The van der Waals surface area contributed by atoms with E-state index in [1.54, 1.807) is 6.20 Å². The quantitative estimate of drug-likeness (QED) is 0.830. The van der Waals surface area contributed by atoms with E-state index in [1.807, 2.05) is 43.6 Å². The Balaban J connectivity index is 1.88. The minimum atomic E-state index is -0.0425. The summed E-state index contributed by atoms with van der Waals surface area (Å²) in [5.41, 5.74) is 0.